The fourth-order valence-corrected chi connectivity index (χ4v) is 1.61. The topological polar surface area (TPSA) is 140 Å². The summed E-state index contributed by atoms with van der Waals surface area (Å²) in [6.45, 7) is 1.85. The molecule has 0 atom stereocenters. The van der Waals surface area contributed by atoms with Gasteiger partial charge in [-0.25, -0.2) is 4.98 Å². The van der Waals surface area contributed by atoms with Crippen LogP contribution >= 0.6 is 0 Å². The fourth-order valence-electron chi connectivity index (χ4n) is 1.61. The number of amidine groups is 1. The number of hydrogen-bond acceptors (Lipinski definition) is 6. The lowest BCUT2D eigenvalue weighted by molar-refractivity contribution is 0.969. The second-order valence-corrected chi connectivity index (χ2v) is 4.31. The van der Waals surface area contributed by atoms with E-state index in [4.69, 9.17) is 16.4 Å². The van der Waals surface area contributed by atoms with Gasteiger partial charge in [0.25, 0.3) is 0 Å². The van der Waals surface area contributed by atoms with Crippen LogP contribution in [0.15, 0.2) is 29.4 Å². The molecule has 2 rings (SSSR count). The van der Waals surface area contributed by atoms with Gasteiger partial charge in [-0.15, -0.1) is 0 Å². The zero-order valence-electron chi connectivity index (χ0n) is 11.4. The molecule has 0 fully saturated rings. The van der Waals surface area contributed by atoms with Crippen LogP contribution in [0.3, 0.4) is 0 Å². The lowest BCUT2D eigenvalue weighted by Gasteiger charge is -2.03. The molecule has 2 aromatic rings. The van der Waals surface area contributed by atoms with E-state index < -0.39 is 0 Å². The first kappa shape index (κ1) is 14.2. The number of H-pyrrole nitrogens is 1. The lowest BCUT2D eigenvalue weighted by Crippen LogP contribution is -2.21. The Morgan fingerprint density at radius 3 is 2.71 bits per heavy atom. The van der Waals surface area contributed by atoms with Crippen LogP contribution in [0.2, 0.25) is 0 Å². The number of nitrogens with one attached hydrogen (secondary N) is 3. The Bertz CT molecular complexity index is 705. The highest BCUT2D eigenvalue weighted by Gasteiger charge is 2.03. The second-order valence-electron chi connectivity index (χ2n) is 4.31. The van der Waals surface area contributed by atoms with Crippen molar-refractivity contribution in [2.45, 2.75) is 13.3 Å². The van der Waals surface area contributed by atoms with E-state index in [1.807, 2.05) is 31.2 Å². The number of benzene rings is 1. The van der Waals surface area contributed by atoms with Gasteiger partial charge in [0, 0.05) is 6.42 Å². The summed E-state index contributed by atoms with van der Waals surface area (Å²) in [7, 11) is 0. The van der Waals surface area contributed by atoms with E-state index >= 15 is 0 Å². The molecular weight excluding hydrogens is 268 g/mol. The Balaban J connectivity index is 2.02. The SMILES string of the molecule is Cc1nc(Cc2ccc(N/N=C(\C#N)C(=N)N)cc2)n[nH]1. The Morgan fingerprint density at radius 2 is 2.19 bits per heavy atom. The number of rotatable bonds is 5. The molecule has 1 aromatic carbocycles. The van der Waals surface area contributed by atoms with Gasteiger partial charge in [-0.3, -0.25) is 15.9 Å². The van der Waals surface area contributed by atoms with Crippen LogP contribution in [0.25, 0.3) is 0 Å². The van der Waals surface area contributed by atoms with Crippen molar-refractivity contribution in [3.8, 4) is 6.07 Å². The van der Waals surface area contributed by atoms with Gasteiger partial charge >= 0.3 is 0 Å². The van der Waals surface area contributed by atoms with E-state index in [0.717, 1.165) is 17.2 Å². The predicted molar refractivity (Wildman–Crippen MR) is 79.0 cm³/mol. The maximum Gasteiger partial charge on any atom is 0.201 e. The number of anilines is 1. The molecule has 1 aromatic heterocycles. The molecule has 8 nitrogen and oxygen atoms in total. The van der Waals surface area contributed by atoms with Gasteiger partial charge in [0.1, 0.15) is 11.9 Å². The third kappa shape index (κ3) is 3.87. The summed E-state index contributed by atoms with van der Waals surface area (Å²) in [6, 6.07) is 9.17. The summed E-state index contributed by atoms with van der Waals surface area (Å²) in [5.41, 5.74) is 9.46. The number of nitriles is 1. The van der Waals surface area contributed by atoms with Gasteiger partial charge < -0.3 is 5.73 Å². The molecule has 0 aliphatic rings. The van der Waals surface area contributed by atoms with Crippen LogP contribution in [0.4, 0.5) is 5.69 Å². The second kappa shape index (κ2) is 6.29. The monoisotopic (exact) mass is 282 g/mol. The molecule has 0 radical (unpaired) electrons. The van der Waals surface area contributed by atoms with E-state index in [1.54, 1.807) is 6.07 Å². The molecule has 8 heteroatoms. The number of hydrogen-bond donors (Lipinski definition) is 4. The van der Waals surface area contributed by atoms with E-state index in [-0.39, 0.29) is 11.5 Å². The van der Waals surface area contributed by atoms with Gasteiger partial charge in [0.2, 0.25) is 5.71 Å². The quantitative estimate of drug-likeness (QED) is 0.367. The minimum Gasteiger partial charge on any atom is -0.382 e. The molecule has 1 heterocycles. The molecule has 0 unspecified atom stereocenters. The van der Waals surface area contributed by atoms with Gasteiger partial charge in [-0.05, 0) is 24.6 Å². The Morgan fingerprint density at radius 1 is 1.48 bits per heavy atom. The summed E-state index contributed by atoms with van der Waals surface area (Å²) in [4.78, 5) is 4.24. The summed E-state index contributed by atoms with van der Waals surface area (Å²) in [5.74, 6) is 1.14. The molecule has 21 heavy (non-hydrogen) atoms. The Kier molecular flexibility index (Phi) is 4.26. The Labute approximate surface area is 121 Å². The smallest absolute Gasteiger partial charge is 0.201 e. The minimum atomic E-state index is -0.374. The average molecular weight is 282 g/mol. The first-order chi connectivity index (χ1) is 10.1. The largest absolute Gasteiger partial charge is 0.382 e. The average Bonchev–Trinajstić information content (AvgIpc) is 2.86. The number of nitrogens with two attached hydrogens (primary N) is 1. The van der Waals surface area contributed by atoms with Gasteiger partial charge in [0.05, 0.1) is 5.69 Å². The van der Waals surface area contributed by atoms with Crippen molar-refractivity contribution in [2.24, 2.45) is 10.8 Å². The van der Waals surface area contributed by atoms with Gasteiger partial charge in [0.15, 0.2) is 11.7 Å². The molecular formula is C13H14N8. The zero-order valence-corrected chi connectivity index (χ0v) is 11.4. The number of aromatic nitrogens is 3. The van der Waals surface area contributed by atoms with Crippen molar-refractivity contribution in [3.63, 3.8) is 0 Å². The normalized spacial score (nSPS) is 11.0. The zero-order chi connectivity index (χ0) is 15.2. The summed E-state index contributed by atoms with van der Waals surface area (Å²) < 4.78 is 0. The van der Waals surface area contributed by atoms with Crippen molar-refractivity contribution < 1.29 is 0 Å². The van der Waals surface area contributed by atoms with Crippen LogP contribution in [0.1, 0.15) is 17.2 Å². The molecule has 0 amide bonds. The molecule has 0 spiro atoms. The van der Waals surface area contributed by atoms with Crippen LogP contribution in [-0.2, 0) is 6.42 Å². The maximum absolute atomic E-state index is 8.73. The molecule has 0 saturated carbocycles. The number of nitrogens with zero attached hydrogens (tertiary/aromatic N) is 4. The summed E-state index contributed by atoms with van der Waals surface area (Å²) in [6.07, 6.45) is 0.630. The molecule has 0 saturated heterocycles. The summed E-state index contributed by atoms with van der Waals surface area (Å²) >= 11 is 0. The lowest BCUT2D eigenvalue weighted by atomic mass is 10.1. The number of hydrazone groups is 1. The molecule has 0 bridgehead atoms. The third-order valence-corrected chi connectivity index (χ3v) is 2.62. The third-order valence-electron chi connectivity index (χ3n) is 2.62. The van der Waals surface area contributed by atoms with E-state index in [1.165, 1.54) is 0 Å². The van der Waals surface area contributed by atoms with Crippen LogP contribution in [-0.4, -0.2) is 26.7 Å². The maximum atomic E-state index is 8.73. The highest BCUT2D eigenvalue weighted by Crippen LogP contribution is 2.12. The standard InChI is InChI=1S/C13H14N8/c1-8-17-12(21-18-8)6-9-2-4-10(5-3-9)19-20-11(7-14)13(15)16/h2-5,19H,6H2,1H3,(H3,15,16)(H,17,18,21)/b20-11+. The van der Waals surface area contributed by atoms with Crippen molar-refractivity contribution in [2.75, 3.05) is 5.43 Å². The van der Waals surface area contributed by atoms with E-state index in [0.29, 0.717) is 12.1 Å². The molecule has 0 aliphatic heterocycles. The molecule has 5 N–H and O–H groups in total. The highest BCUT2D eigenvalue weighted by atomic mass is 15.3. The first-order valence-corrected chi connectivity index (χ1v) is 6.13. The fraction of sp³-hybridized carbons (Fsp3) is 0.154. The Hall–Kier alpha value is -3.21. The molecule has 0 aliphatic carbocycles. The van der Waals surface area contributed by atoms with Crippen LogP contribution in [0, 0.1) is 23.7 Å². The van der Waals surface area contributed by atoms with Crippen molar-refractivity contribution >= 4 is 17.2 Å². The minimum absolute atomic E-state index is 0.157. The predicted octanol–water partition coefficient (Wildman–Crippen LogP) is 0.931. The molecule has 106 valence electrons. The van der Waals surface area contributed by atoms with E-state index in [2.05, 4.69) is 25.7 Å². The van der Waals surface area contributed by atoms with Gasteiger partial charge in [-0.2, -0.15) is 15.5 Å². The van der Waals surface area contributed by atoms with Gasteiger partial charge in [-0.1, -0.05) is 12.1 Å². The van der Waals surface area contributed by atoms with E-state index in [9.17, 15) is 0 Å². The number of aromatic amines is 1. The number of aryl methyl sites for hydroxylation is 1. The van der Waals surface area contributed by atoms with Crippen molar-refractivity contribution in [3.05, 3.63) is 41.5 Å². The summed E-state index contributed by atoms with van der Waals surface area (Å²) in [5, 5.41) is 26.5. The van der Waals surface area contributed by atoms with Crippen molar-refractivity contribution in [1.29, 1.82) is 10.7 Å². The van der Waals surface area contributed by atoms with Crippen LogP contribution in [0.5, 0.6) is 0 Å². The highest BCUT2D eigenvalue weighted by molar-refractivity contribution is 6.45. The first-order valence-electron chi connectivity index (χ1n) is 6.13. The van der Waals surface area contributed by atoms with Crippen molar-refractivity contribution in [1.82, 2.24) is 15.2 Å². The van der Waals surface area contributed by atoms with Crippen LogP contribution < -0.4 is 11.2 Å².